The van der Waals surface area contributed by atoms with Gasteiger partial charge in [0, 0.05) is 12.3 Å². The van der Waals surface area contributed by atoms with Crippen LogP contribution in [0.15, 0.2) is 36.7 Å². The molecule has 0 amide bonds. The van der Waals surface area contributed by atoms with Gasteiger partial charge in [0.1, 0.15) is 16.8 Å². The minimum Gasteiger partial charge on any atom is -0.274 e. The Hall–Kier alpha value is -2.19. The molecule has 0 N–H and O–H groups in total. The molecule has 3 rings (SSSR count). The molecule has 3 heterocycles. The van der Waals surface area contributed by atoms with E-state index >= 15 is 0 Å². The zero-order valence-corrected chi connectivity index (χ0v) is 11.0. The quantitative estimate of drug-likeness (QED) is 0.412. The third kappa shape index (κ3) is 2.00. The molecule has 0 saturated carbocycles. The Morgan fingerprint density at radius 1 is 1.32 bits per heavy atom. The van der Waals surface area contributed by atoms with Crippen molar-refractivity contribution < 1.29 is 4.92 Å². The van der Waals surface area contributed by atoms with Gasteiger partial charge in [0.25, 0.3) is 5.69 Å². The Labute approximate surface area is 116 Å². The van der Waals surface area contributed by atoms with Gasteiger partial charge in [-0.05, 0) is 30.4 Å². The lowest BCUT2D eigenvalue weighted by molar-refractivity contribution is -0.385. The zero-order valence-electron chi connectivity index (χ0n) is 9.39. The number of pyridine rings is 2. The average molecular weight is 290 g/mol. The highest BCUT2D eigenvalue weighted by atomic mass is 32.1. The van der Waals surface area contributed by atoms with E-state index in [1.54, 1.807) is 16.8 Å². The van der Waals surface area contributed by atoms with Crippen LogP contribution >= 0.6 is 23.6 Å². The fourth-order valence-corrected chi connectivity index (χ4v) is 2.95. The van der Waals surface area contributed by atoms with E-state index in [0.717, 1.165) is 10.3 Å². The van der Waals surface area contributed by atoms with Gasteiger partial charge in [0.2, 0.25) is 0 Å². The monoisotopic (exact) mass is 290 g/mol. The predicted octanol–water partition coefficient (Wildman–Crippen LogP) is 3.12. The highest BCUT2D eigenvalue weighted by Gasteiger charge is 2.11. The third-order valence-electron chi connectivity index (χ3n) is 2.53. The first-order valence-electron chi connectivity index (χ1n) is 5.24. The molecule has 0 saturated heterocycles. The van der Waals surface area contributed by atoms with Gasteiger partial charge in [-0.1, -0.05) is 11.3 Å². The number of fused-ring (bicyclic) bond motifs is 1. The van der Waals surface area contributed by atoms with Crippen molar-refractivity contribution in [1.29, 1.82) is 0 Å². The molecule has 0 atom stereocenters. The van der Waals surface area contributed by atoms with Crippen LogP contribution in [0.3, 0.4) is 0 Å². The van der Waals surface area contributed by atoms with Crippen LogP contribution in [0.2, 0.25) is 0 Å². The second kappa shape index (κ2) is 4.48. The summed E-state index contributed by atoms with van der Waals surface area (Å²) in [6, 6.07) is 6.68. The molecule has 94 valence electrons. The normalized spacial score (nSPS) is 10.7. The lowest BCUT2D eigenvalue weighted by atomic mass is 10.4. The SMILES string of the molecule is O=[N+]([O-])c1ccc(-n2c(=S)sc3ncccc32)nc1. The van der Waals surface area contributed by atoms with Gasteiger partial charge in [0.15, 0.2) is 3.95 Å². The minimum absolute atomic E-state index is 0.0482. The van der Waals surface area contributed by atoms with Gasteiger partial charge in [0.05, 0.1) is 10.4 Å². The number of rotatable bonds is 2. The van der Waals surface area contributed by atoms with Crippen LogP contribution in [0.5, 0.6) is 0 Å². The van der Waals surface area contributed by atoms with Gasteiger partial charge in [-0.15, -0.1) is 0 Å². The molecule has 6 nitrogen and oxygen atoms in total. The van der Waals surface area contributed by atoms with Gasteiger partial charge < -0.3 is 0 Å². The summed E-state index contributed by atoms with van der Waals surface area (Å²) in [5, 5.41) is 10.6. The van der Waals surface area contributed by atoms with Crippen LogP contribution in [0.25, 0.3) is 16.2 Å². The van der Waals surface area contributed by atoms with Gasteiger partial charge in [-0.25, -0.2) is 9.97 Å². The molecule has 0 radical (unpaired) electrons. The number of thiazole rings is 1. The van der Waals surface area contributed by atoms with E-state index in [-0.39, 0.29) is 5.69 Å². The molecule has 3 aromatic heterocycles. The highest BCUT2D eigenvalue weighted by Crippen LogP contribution is 2.24. The summed E-state index contributed by atoms with van der Waals surface area (Å²) in [6.45, 7) is 0. The number of hydrogen-bond donors (Lipinski definition) is 0. The van der Waals surface area contributed by atoms with Crippen LogP contribution in [-0.4, -0.2) is 19.5 Å². The van der Waals surface area contributed by atoms with Crippen molar-refractivity contribution in [3.05, 3.63) is 50.7 Å². The first-order valence-corrected chi connectivity index (χ1v) is 6.47. The number of nitrogens with zero attached hydrogens (tertiary/aromatic N) is 4. The summed E-state index contributed by atoms with van der Waals surface area (Å²) in [7, 11) is 0. The molecular formula is C11H6N4O2S2. The van der Waals surface area contributed by atoms with Crippen molar-refractivity contribution in [3.8, 4) is 5.82 Å². The van der Waals surface area contributed by atoms with E-state index in [9.17, 15) is 10.1 Å². The van der Waals surface area contributed by atoms with Crippen molar-refractivity contribution in [2.24, 2.45) is 0 Å². The smallest absolute Gasteiger partial charge is 0.274 e. The molecule has 0 aromatic carbocycles. The molecule has 3 aromatic rings. The summed E-state index contributed by atoms with van der Waals surface area (Å²) >= 11 is 6.66. The van der Waals surface area contributed by atoms with Gasteiger partial charge >= 0.3 is 0 Å². The number of hydrogen-bond acceptors (Lipinski definition) is 6. The second-order valence-corrected chi connectivity index (χ2v) is 5.29. The van der Waals surface area contributed by atoms with Crippen LogP contribution in [0.4, 0.5) is 5.69 Å². The van der Waals surface area contributed by atoms with Crippen molar-refractivity contribution in [2.45, 2.75) is 0 Å². The summed E-state index contributed by atoms with van der Waals surface area (Å²) in [5.74, 6) is 0.551. The predicted molar refractivity (Wildman–Crippen MR) is 74.2 cm³/mol. The van der Waals surface area contributed by atoms with E-state index in [4.69, 9.17) is 12.2 Å². The fourth-order valence-electron chi connectivity index (χ4n) is 1.69. The largest absolute Gasteiger partial charge is 0.287 e. The maximum absolute atomic E-state index is 10.6. The summed E-state index contributed by atoms with van der Waals surface area (Å²) in [6.07, 6.45) is 2.91. The van der Waals surface area contributed by atoms with Crippen molar-refractivity contribution >= 4 is 39.6 Å². The maximum Gasteiger partial charge on any atom is 0.287 e. The highest BCUT2D eigenvalue weighted by molar-refractivity contribution is 7.73. The van der Waals surface area contributed by atoms with Gasteiger partial charge in [-0.2, -0.15) is 0 Å². The lowest BCUT2D eigenvalue weighted by Crippen LogP contribution is -1.98. The first kappa shape index (κ1) is 11.9. The van der Waals surface area contributed by atoms with Crippen LogP contribution in [0.1, 0.15) is 0 Å². The topological polar surface area (TPSA) is 73.8 Å². The Balaban J connectivity index is 2.21. The zero-order chi connectivity index (χ0) is 13.4. The average Bonchev–Trinajstić information content (AvgIpc) is 2.74. The van der Waals surface area contributed by atoms with Crippen molar-refractivity contribution in [3.63, 3.8) is 0 Å². The molecule has 0 bridgehead atoms. The molecule has 0 aliphatic heterocycles. The van der Waals surface area contributed by atoms with Crippen LogP contribution in [0, 0.1) is 14.1 Å². The Kier molecular flexibility index (Phi) is 2.80. The number of aromatic nitrogens is 3. The second-order valence-electron chi connectivity index (χ2n) is 3.66. The summed E-state index contributed by atoms with van der Waals surface area (Å²) in [5.41, 5.74) is 0.798. The molecule has 0 aliphatic carbocycles. The van der Waals surface area contributed by atoms with E-state index in [1.807, 2.05) is 12.1 Å². The van der Waals surface area contributed by atoms with Crippen LogP contribution in [-0.2, 0) is 0 Å². The van der Waals surface area contributed by atoms with Crippen molar-refractivity contribution in [2.75, 3.05) is 0 Å². The Morgan fingerprint density at radius 3 is 2.84 bits per heavy atom. The molecular weight excluding hydrogens is 284 g/mol. The standard InChI is InChI=1S/C11H6N4O2S2/c16-15(17)7-3-4-9(13-6-7)14-8-2-1-5-12-10(8)19-11(14)18/h1-6H. The van der Waals surface area contributed by atoms with Gasteiger partial charge in [-0.3, -0.25) is 14.7 Å². The Morgan fingerprint density at radius 2 is 2.16 bits per heavy atom. The molecule has 8 heteroatoms. The first-order chi connectivity index (χ1) is 9.16. The molecule has 0 aliphatic rings. The van der Waals surface area contributed by atoms with E-state index < -0.39 is 4.92 Å². The number of nitro groups is 1. The minimum atomic E-state index is -0.483. The summed E-state index contributed by atoms with van der Waals surface area (Å²) in [4.78, 5) is 19.3. The molecule has 0 spiro atoms. The third-order valence-corrected chi connectivity index (χ3v) is 3.83. The van der Waals surface area contributed by atoms with E-state index in [0.29, 0.717) is 9.77 Å². The molecule has 0 unspecified atom stereocenters. The van der Waals surface area contributed by atoms with Crippen molar-refractivity contribution in [1.82, 2.24) is 14.5 Å². The Bertz CT molecular complexity index is 823. The summed E-state index contributed by atoms with van der Waals surface area (Å²) < 4.78 is 2.36. The van der Waals surface area contributed by atoms with Crippen LogP contribution < -0.4 is 0 Å². The maximum atomic E-state index is 10.6. The van der Waals surface area contributed by atoms with E-state index in [2.05, 4.69) is 9.97 Å². The fraction of sp³-hybridized carbons (Fsp3) is 0. The molecule has 19 heavy (non-hydrogen) atoms. The molecule has 0 fully saturated rings. The van der Waals surface area contributed by atoms with E-state index in [1.165, 1.54) is 23.6 Å². The lowest BCUT2D eigenvalue weighted by Gasteiger charge is -2.02.